The molecule has 3 rings (SSSR count). The van der Waals surface area contributed by atoms with Crippen molar-refractivity contribution in [1.29, 1.82) is 0 Å². The van der Waals surface area contributed by atoms with Crippen molar-refractivity contribution in [2.75, 3.05) is 0 Å². The van der Waals surface area contributed by atoms with Gasteiger partial charge in [-0.1, -0.05) is 74.7 Å². The fourth-order valence-electron chi connectivity index (χ4n) is 4.49. The lowest BCUT2D eigenvalue weighted by Crippen LogP contribution is -2.30. The molecule has 3 nitrogen and oxygen atoms in total. The lowest BCUT2D eigenvalue weighted by Gasteiger charge is -2.23. The molecule has 0 aliphatic carbocycles. The molecule has 1 N–H and O–H groups in total. The van der Waals surface area contributed by atoms with Crippen LogP contribution in [0.5, 0.6) is 5.75 Å². The van der Waals surface area contributed by atoms with E-state index in [1.165, 1.54) is 17.2 Å². The summed E-state index contributed by atoms with van der Waals surface area (Å²) in [6, 6.07) is 17.1. The van der Waals surface area contributed by atoms with Crippen molar-refractivity contribution in [2.24, 2.45) is 5.92 Å². The van der Waals surface area contributed by atoms with E-state index in [0.29, 0.717) is 11.5 Å². The van der Waals surface area contributed by atoms with E-state index < -0.39 is 0 Å². The number of aryl methyl sites for hydroxylation is 4. The van der Waals surface area contributed by atoms with E-state index in [0.717, 1.165) is 41.5 Å². The number of carbonyl (C=O) groups is 1. The quantitative estimate of drug-likeness (QED) is 0.325. The van der Waals surface area contributed by atoms with Crippen molar-refractivity contribution in [1.82, 2.24) is 5.32 Å². The topological polar surface area (TPSA) is 38.3 Å². The van der Waals surface area contributed by atoms with Crippen LogP contribution in [0.25, 0.3) is 0 Å². The number of nitrogens with one attached hydrogen (secondary N) is 1. The SMILES string of the molecule is CCCc1ccc(COc2cc(C)ccc2F)cc1C(=O)NC(CC(C)C)c1cc(C)cc(C)c1. The van der Waals surface area contributed by atoms with E-state index in [1.54, 1.807) is 12.1 Å². The average molecular weight is 476 g/mol. The predicted molar refractivity (Wildman–Crippen MR) is 141 cm³/mol. The molecule has 0 bridgehead atoms. The molecule has 3 aromatic rings. The molecule has 3 aromatic carbocycles. The second kappa shape index (κ2) is 12.0. The smallest absolute Gasteiger partial charge is 0.252 e. The fraction of sp³-hybridized carbons (Fsp3) is 0.387. The van der Waals surface area contributed by atoms with E-state index in [4.69, 9.17) is 4.74 Å². The summed E-state index contributed by atoms with van der Waals surface area (Å²) in [4.78, 5) is 13.6. The van der Waals surface area contributed by atoms with Crippen molar-refractivity contribution in [3.8, 4) is 5.75 Å². The zero-order chi connectivity index (χ0) is 25.5. The van der Waals surface area contributed by atoms with Crippen LogP contribution in [-0.2, 0) is 13.0 Å². The molecule has 186 valence electrons. The minimum Gasteiger partial charge on any atom is -0.486 e. The van der Waals surface area contributed by atoms with Gasteiger partial charge in [0.05, 0.1) is 6.04 Å². The molecule has 1 atom stereocenters. The van der Waals surface area contributed by atoms with E-state index in [-0.39, 0.29) is 30.1 Å². The van der Waals surface area contributed by atoms with E-state index in [9.17, 15) is 9.18 Å². The van der Waals surface area contributed by atoms with Gasteiger partial charge in [-0.05, 0) is 80.0 Å². The van der Waals surface area contributed by atoms with Gasteiger partial charge in [-0.3, -0.25) is 4.79 Å². The third-order valence-electron chi connectivity index (χ3n) is 6.08. The Morgan fingerprint density at radius 1 is 0.943 bits per heavy atom. The van der Waals surface area contributed by atoms with Crippen LogP contribution in [0.1, 0.15) is 83.4 Å². The van der Waals surface area contributed by atoms with Crippen LogP contribution in [0.4, 0.5) is 4.39 Å². The van der Waals surface area contributed by atoms with Gasteiger partial charge < -0.3 is 10.1 Å². The maximum atomic E-state index is 14.1. The number of hydrogen-bond donors (Lipinski definition) is 1. The standard InChI is InChI=1S/C31H38FNO2/c1-7-8-25-11-10-24(19-35-30-17-21(4)9-12-28(30)32)18-27(25)31(34)33-29(13-20(2)3)26-15-22(5)14-23(6)16-26/h9-12,14-18,20,29H,7-8,13,19H2,1-6H3,(H,33,34). The van der Waals surface area contributed by atoms with Crippen molar-refractivity contribution in [3.63, 3.8) is 0 Å². The first-order chi connectivity index (χ1) is 16.7. The Morgan fingerprint density at radius 2 is 1.66 bits per heavy atom. The van der Waals surface area contributed by atoms with Crippen LogP contribution >= 0.6 is 0 Å². The van der Waals surface area contributed by atoms with E-state index in [1.807, 2.05) is 25.1 Å². The average Bonchev–Trinajstić information content (AvgIpc) is 2.79. The largest absolute Gasteiger partial charge is 0.486 e. The van der Waals surface area contributed by atoms with E-state index >= 15 is 0 Å². The first kappa shape index (κ1) is 26.5. The molecule has 0 aliphatic heterocycles. The first-order valence-corrected chi connectivity index (χ1v) is 12.6. The molecule has 0 fully saturated rings. The Hall–Kier alpha value is -3.14. The number of rotatable bonds is 10. The third kappa shape index (κ3) is 7.42. The second-order valence-corrected chi connectivity index (χ2v) is 10.0. The molecule has 4 heteroatoms. The summed E-state index contributed by atoms with van der Waals surface area (Å²) < 4.78 is 19.9. The molecule has 0 spiro atoms. The Morgan fingerprint density at radius 3 is 2.31 bits per heavy atom. The Balaban J connectivity index is 1.86. The molecule has 0 aliphatic rings. The van der Waals surface area contributed by atoms with Crippen LogP contribution in [-0.4, -0.2) is 5.91 Å². The van der Waals surface area contributed by atoms with Crippen molar-refractivity contribution >= 4 is 5.91 Å². The Bertz CT molecular complexity index is 1150. The normalized spacial score (nSPS) is 12.0. The summed E-state index contributed by atoms with van der Waals surface area (Å²) >= 11 is 0. The van der Waals surface area contributed by atoms with Gasteiger partial charge in [0.25, 0.3) is 5.91 Å². The van der Waals surface area contributed by atoms with Gasteiger partial charge in [-0.15, -0.1) is 0 Å². The summed E-state index contributed by atoms with van der Waals surface area (Å²) in [5.74, 6) is 0.184. The van der Waals surface area contributed by atoms with Gasteiger partial charge in [0, 0.05) is 5.56 Å². The monoisotopic (exact) mass is 475 g/mol. The summed E-state index contributed by atoms with van der Waals surface area (Å²) in [7, 11) is 0. The molecular weight excluding hydrogens is 437 g/mol. The van der Waals surface area contributed by atoms with Crippen LogP contribution in [0.2, 0.25) is 0 Å². The van der Waals surface area contributed by atoms with Gasteiger partial charge in [-0.2, -0.15) is 0 Å². The summed E-state index contributed by atoms with van der Waals surface area (Å²) in [5, 5.41) is 3.31. The van der Waals surface area contributed by atoms with Crippen LogP contribution in [0.3, 0.4) is 0 Å². The molecule has 1 unspecified atom stereocenters. The highest BCUT2D eigenvalue weighted by Gasteiger charge is 2.20. The van der Waals surface area contributed by atoms with Crippen LogP contribution in [0.15, 0.2) is 54.6 Å². The lowest BCUT2D eigenvalue weighted by molar-refractivity contribution is 0.0930. The molecule has 0 saturated heterocycles. The van der Waals surface area contributed by atoms with Crippen LogP contribution in [0, 0.1) is 32.5 Å². The Labute approximate surface area is 209 Å². The van der Waals surface area contributed by atoms with Crippen molar-refractivity contribution in [2.45, 2.75) is 73.5 Å². The number of hydrogen-bond acceptors (Lipinski definition) is 2. The van der Waals surface area contributed by atoms with Crippen molar-refractivity contribution < 1.29 is 13.9 Å². The fourth-order valence-corrected chi connectivity index (χ4v) is 4.49. The van der Waals surface area contributed by atoms with Crippen LogP contribution < -0.4 is 10.1 Å². The minimum atomic E-state index is -0.388. The highest BCUT2D eigenvalue weighted by Crippen LogP contribution is 2.26. The highest BCUT2D eigenvalue weighted by molar-refractivity contribution is 5.96. The number of carbonyl (C=O) groups excluding carboxylic acids is 1. The summed E-state index contributed by atoms with van der Waals surface area (Å²) in [6.07, 6.45) is 2.61. The second-order valence-electron chi connectivity index (χ2n) is 10.0. The highest BCUT2D eigenvalue weighted by atomic mass is 19.1. The number of halogens is 1. The van der Waals surface area contributed by atoms with Gasteiger partial charge >= 0.3 is 0 Å². The first-order valence-electron chi connectivity index (χ1n) is 12.6. The van der Waals surface area contributed by atoms with Crippen molar-refractivity contribution in [3.05, 3.63) is 99.4 Å². The molecule has 1 amide bonds. The molecule has 35 heavy (non-hydrogen) atoms. The predicted octanol–water partition coefficient (Wildman–Crippen LogP) is 7.80. The molecule has 0 aromatic heterocycles. The maximum absolute atomic E-state index is 14.1. The minimum absolute atomic E-state index is 0.0723. The zero-order valence-corrected chi connectivity index (χ0v) is 21.9. The van der Waals surface area contributed by atoms with Gasteiger partial charge in [0.15, 0.2) is 11.6 Å². The van der Waals surface area contributed by atoms with Gasteiger partial charge in [0.2, 0.25) is 0 Å². The maximum Gasteiger partial charge on any atom is 0.252 e. The Kier molecular flexibility index (Phi) is 9.08. The van der Waals surface area contributed by atoms with E-state index in [2.05, 4.69) is 58.1 Å². The summed E-state index contributed by atoms with van der Waals surface area (Å²) in [5.41, 5.74) is 6.96. The van der Waals surface area contributed by atoms with Gasteiger partial charge in [0.1, 0.15) is 6.61 Å². The number of ether oxygens (including phenoxy) is 1. The third-order valence-corrected chi connectivity index (χ3v) is 6.08. The number of benzene rings is 3. The van der Waals surface area contributed by atoms with Gasteiger partial charge in [-0.25, -0.2) is 4.39 Å². The molecule has 0 heterocycles. The number of amides is 1. The lowest BCUT2D eigenvalue weighted by atomic mass is 9.93. The zero-order valence-electron chi connectivity index (χ0n) is 21.9. The molecule has 0 saturated carbocycles. The molecular formula is C31H38FNO2. The molecule has 0 radical (unpaired) electrons. The summed E-state index contributed by atoms with van der Waals surface area (Å²) in [6.45, 7) is 12.7.